The topological polar surface area (TPSA) is 61.5 Å². The largest absolute Gasteiger partial charge is 0.494 e. The standard InChI is InChI=1S/C17H27NO3/c1-3-16(18)14-9-11-15(12-10-14)21-13-7-5-6-8-17(19)20-4-2/h9-12,16H,3-8,13,18H2,1-2H3. The average molecular weight is 293 g/mol. The summed E-state index contributed by atoms with van der Waals surface area (Å²) in [5.74, 6) is 0.758. The van der Waals surface area contributed by atoms with Crippen LogP contribution in [0.2, 0.25) is 0 Å². The Balaban J connectivity index is 2.14. The molecule has 118 valence electrons. The number of benzene rings is 1. The van der Waals surface area contributed by atoms with Crippen molar-refractivity contribution < 1.29 is 14.3 Å². The highest BCUT2D eigenvalue weighted by Crippen LogP contribution is 2.18. The van der Waals surface area contributed by atoms with E-state index in [1.165, 1.54) is 0 Å². The highest BCUT2D eigenvalue weighted by molar-refractivity contribution is 5.69. The van der Waals surface area contributed by atoms with Crippen LogP contribution in [0.15, 0.2) is 24.3 Å². The SMILES string of the molecule is CCOC(=O)CCCCCOc1ccc(C(N)CC)cc1. The molecule has 4 heteroatoms. The fourth-order valence-corrected chi connectivity index (χ4v) is 2.02. The van der Waals surface area contributed by atoms with Crippen LogP contribution >= 0.6 is 0 Å². The van der Waals surface area contributed by atoms with Crippen LogP contribution in [0, 0.1) is 0 Å². The highest BCUT2D eigenvalue weighted by atomic mass is 16.5. The summed E-state index contributed by atoms with van der Waals surface area (Å²) in [5, 5.41) is 0. The lowest BCUT2D eigenvalue weighted by Crippen LogP contribution is -2.08. The molecule has 21 heavy (non-hydrogen) atoms. The van der Waals surface area contributed by atoms with Crippen LogP contribution in [-0.2, 0) is 9.53 Å². The Morgan fingerprint density at radius 2 is 1.86 bits per heavy atom. The van der Waals surface area contributed by atoms with Gasteiger partial charge in [0.15, 0.2) is 0 Å². The van der Waals surface area contributed by atoms with Gasteiger partial charge in [0.05, 0.1) is 13.2 Å². The first-order valence-corrected chi connectivity index (χ1v) is 7.81. The van der Waals surface area contributed by atoms with Crippen LogP contribution in [0.4, 0.5) is 0 Å². The van der Waals surface area contributed by atoms with E-state index in [1.807, 2.05) is 31.2 Å². The Bertz CT molecular complexity index is 403. The maximum absolute atomic E-state index is 11.1. The van der Waals surface area contributed by atoms with E-state index in [0.717, 1.165) is 37.0 Å². The fourth-order valence-electron chi connectivity index (χ4n) is 2.02. The Morgan fingerprint density at radius 1 is 1.14 bits per heavy atom. The molecule has 0 fully saturated rings. The number of carbonyl (C=O) groups is 1. The van der Waals surface area contributed by atoms with Gasteiger partial charge in [0, 0.05) is 12.5 Å². The number of ether oxygens (including phenoxy) is 2. The predicted octanol–water partition coefficient (Wildman–Crippen LogP) is 3.60. The average Bonchev–Trinajstić information content (AvgIpc) is 2.51. The van der Waals surface area contributed by atoms with Crippen molar-refractivity contribution in [3.05, 3.63) is 29.8 Å². The van der Waals surface area contributed by atoms with Gasteiger partial charge in [-0.2, -0.15) is 0 Å². The van der Waals surface area contributed by atoms with Crippen LogP contribution in [-0.4, -0.2) is 19.2 Å². The lowest BCUT2D eigenvalue weighted by Gasteiger charge is -2.10. The number of hydrogen-bond acceptors (Lipinski definition) is 4. The summed E-state index contributed by atoms with van der Waals surface area (Å²) in [7, 11) is 0. The quantitative estimate of drug-likeness (QED) is 0.529. The lowest BCUT2D eigenvalue weighted by atomic mass is 10.1. The number of nitrogens with two attached hydrogens (primary N) is 1. The molecule has 0 amide bonds. The molecule has 2 N–H and O–H groups in total. The Hall–Kier alpha value is -1.55. The van der Waals surface area contributed by atoms with E-state index in [1.54, 1.807) is 0 Å². The first-order chi connectivity index (χ1) is 10.2. The summed E-state index contributed by atoms with van der Waals surface area (Å²) < 4.78 is 10.5. The molecular weight excluding hydrogens is 266 g/mol. The van der Waals surface area contributed by atoms with Gasteiger partial charge in [-0.05, 0) is 50.3 Å². The smallest absolute Gasteiger partial charge is 0.305 e. The zero-order chi connectivity index (χ0) is 15.5. The fraction of sp³-hybridized carbons (Fsp3) is 0.588. The molecule has 1 aromatic carbocycles. The van der Waals surface area contributed by atoms with Gasteiger partial charge >= 0.3 is 5.97 Å². The zero-order valence-corrected chi connectivity index (χ0v) is 13.1. The lowest BCUT2D eigenvalue weighted by molar-refractivity contribution is -0.143. The van der Waals surface area contributed by atoms with E-state index in [0.29, 0.717) is 19.6 Å². The second kappa shape index (κ2) is 10.2. The van der Waals surface area contributed by atoms with Gasteiger partial charge < -0.3 is 15.2 Å². The molecule has 0 aliphatic heterocycles. The van der Waals surface area contributed by atoms with Gasteiger partial charge in [0.2, 0.25) is 0 Å². The molecule has 4 nitrogen and oxygen atoms in total. The maximum atomic E-state index is 11.1. The Kier molecular flexibility index (Phi) is 8.51. The molecule has 1 unspecified atom stereocenters. The summed E-state index contributed by atoms with van der Waals surface area (Å²) in [4.78, 5) is 11.1. The molecule has 0 heterocycles. The maximum Gasteiger partial charge on any atom is 0.305 e. The summed E-state index contributed by atoms with van der Waals surface area (Å²) in [6.45, 7) is 5.03. The van der Waals surface area contributed by atoms with Crippen molar-refractivity contribution in [3.8, 4) is 5.75 Å². The van der Waals surface area contributed by atoms with Gasteiger partial charge in [-0.3, -0.25) is 4.79 Å². The molecule has 0 radical (unpaired) electrons. The highest BCUT2D eigenvalue weighted by Gasteiger charge is 2.03. The van der Waals surface area contributed by atoms with Crippen LogP contribution in [0.3, 0.4) is 0 Å². The minimum atomic E-state index is -0.110. The molecule has 0 aliphatic rings. The molecular formula is C17H27NO3. The second-order valence-corrected chi connectivity index (χ2v) is 5.05. The third kappa shape index (κ3) is 7.14. The molecule has 0 spiro atoms. The van der Waals surface area contributed by atoms with E-state index < -0.39 is 0 Å². The number of hydrogen-bond donors (Lipinski definition) is 1. The zero-order valence-electron chi connectivity index (χ0n) is 13.1. The minimum absolute atomic E-state index is 0.0990. The van der Waals surface area contributed by atoms with Crippen LogP contribution in [0.25, 0.3) is 0 Å². The van der Waals surface area contributed by atoms with Crippen LogP contribution < -0.4 is 10.5 Å². The van der Waals surface area contributed by atoms with Crippen molar-refractivity contribution in [1.29, 1.82) is 0 Å². The van der Waals surface area contributed by atoms with Gasteiger partial charge in [-0.15, -0.1) is 0 Å². The molecule has 1 rings (SSSR count). The van der Waals surface area contributed by atoms with E-state index in [9.17, 15) is 4.79 Å². The summed E-state index contributed by atoms with van der Waals surface area (Å²) in [5.41, 5.74) is 7.10. The number of rotatable bonds is 10. The van der Waals surface area contributed by atoms with Gasteiger partial charge in [0.25, 0.3) is 0 Å². The number of unbranched alkanes of at least 4 members (excludes halogenated alkanes) is 2. The van der Waals surface area contributed by atoms with Crippen molar-refractivity contribution in [2.24, 2.45) is 5.73 Å². The van der Waals surface area contributed by atoms with Crippen molar-refractivity contribution >= 4 is 5.97 Å². The summed E-state index contributed by atoms with van der Waals surface area (Å²) in [6, 6.07) is 8.06. The van der Waals surface area contributed by atoms with E-state index in [-0.39, 0.29) is 12.0 Å². The number of esters is 1. The molecule has 1 aromatic rings. The van der Waals surface area contributed by atoms with Crippen molar-refractivity contribution in [2.45, 2.75) is 52.0 Å². The summed E-state index contributed by atoms with van der Waals surface area (Å²) >= 11 is 0. The van der Waals surface area contributed by atoms with Crippen LogP contribution in [0.5, 0.6) is 5.75 Å². The van der Waals surface area contributed by atoms with Gasteiger partial charge in [-0.1, -0.05) is 19.1 Å². The van der Waals surface area contributed by atoms with Crippen molar-refractivity contribution in [1.82, 2.24) is 0 Å². The van der Waals surface area contributed by atoms with Gasteiger partial charge in [-0.25, -0.2) is 0 Å². The normalized spacial score (nSPS) is 12.0. The van der Waals surface area contributed by atoms with Crippen LogP contribution in [0.1, 0.15) is 57.6 Å². The molecule has 0 aliphatic carbocycles. The Labute approximate surface area is 127 Å². The summed E-state index contributed by atoms with van der Waals surface area (Å²) in [6.07, 6.45) is 4.19. The second-order valence-electron chi connectivity index (χ2n) is 5.05. The predicted molar refractivity (Wildman–Crippen MR) is 84.3 cm³/mol. The van der Waals surface area contributed by atoms with E-state index in [2.05, 4.69) is 6.92 Å². The molecule has 0 saturated carbocycles. The monoisotopic (exact) mass is 293 g/mol. The third-order valence-electron chi connectivity index (χ3n) is 3.35. The molecule has 0 aromatic heterocycles. The van der Waals surface area contributed by atoms with Gasteiger partial charge in [0.1, 0.15) is 5.75 Å². The first-order valence-electron chi connectivity index (χ1n) is 7.81. The van der Waals surface area contributed by atoms with E-state index >= 15 is 0 Å². The van der Waals surface area contributed by atoms with Crippen molar-refractivity contribution in [3.63, 3.8) is 0 Å². The minimum Gasteiger partial charge on any atom is -0.494 e. The van der Waals surface area contributed by atoms with Crippen molar-refractivity contribution in [2.75, 3.05) is 13.2 Å². The molecule has 0 saturated heterocycles. The molecule has 1 atom stereocenters. The first kappa shape index (κ1) is 17.5. The number of carbonyl (C=O) groups excluding carboxylic acids is 1. The van der Waals surface area contributed by atoms with E-state index in [4.69, 9.17) is 15.2 Å². The molecule has 0 bridgehead atoms. The third-order valence-corrected chi connectivity index (χ3v) is 3.35. The Morgan fingerprint density at radius 3 is 2.48 bits per heavy atom.